The molecule has 82 valence electrons. The number of nitrogen functional groups attached to an aromatic ring is 2. The Morgan fingerprint density at radius 2 is 1.50 bits per heavy atom. The summed E-state index contributed by atoms with van der Waals surface area (Å²) in [6, 6.07) is 12.3. The van der Waals surface area contributed by atoms with E-state index in [4.69, 9.17) is 11.5 Å². The number of benzene rings is 1. The Morgan fingerprint density at radius 1 is 0.938 bits per heavy atom. The van der Waals surface area contributed by atoms with E-state index in [1.54, 1.807) is 48.7 Å². The van der Waals surface area contributed by atoms with E-state index in [9.17, 15) is 4.79 Å². The Kier molecular flexibility index (Phi) is 4.53. The van der Waals surface area contributed by atoms with Crippen LogP contribution < -0.4 is 11.5 Å². The molecule has 0 amide bonds. The number of anilines is 2. The third kappa shape index (κ3) is 4.23. The van der Waals surface area contributed by atoms with Crippen molar-refractivity contribution >= 4 is 17.7 Å². The van der Waals surface area contributed by atoms with E-state index in [0.717, 1.165) is 17.7 Å². The van der Waals surface area contributed by atoms with Crippen molar-refractivity contribution in [1.82, 2.24) is 4.98 Å². The second kappa shape index (κ2) is 6.19. The van der Waals surface area contributed by atoms with Crippen molar-refractivity contribution in [2.45, 2.75) is 0 Å². The highest BCUT2D eigenvalue weighted by Gasteiger charge is 1.82. The van der Waals surface area contributed by atoms with Crippen molar-refractivity contribution in [3.05, 3.63) is 54.4 Å². The Labute approximate surface area is 93.9 Å². The number of nitrogens with two attached hydrogens (primary N) is 2. The molecule has 0 saturated carbocycles. The first-order valence-corrected chi connectivity index (χ1v) is 4.69. The molecular weight excluding hydrogens is 202 g/mol. The van der Waals surface area contributed by atoms with Crippen molar-refractivity contribution < 1.29 is 4.79 Å². The molecule has 0 aliphatic heterocycles. The SMILES string of the molecule is Nc1ccc(N)cc1.O=Cc1ccccn1. The summed E-state index contributed by atoms with van der Waals surface area (Å²) in [5.41, 5.74) is 12.7. The van der Waals surface area contributed by atoms with Gasteiger partial charge in [-0.3, -0.25) is 9.78 Å². The summed E-state index contributed by atoms with van der Waals surface area (Å²) >= 11 is 0. The summed E-state index contributed by atoms with van der Waals surface area (Å²) in [5.74, 6) is 0. The molecule has 0 saturated heterocycles. The van der Waals surface area contributed by atoms with Gasteiger partial charge in [-0.05, 0) is 36.4 Å². The van der Waals surface area contributed by atoms with Gasteiger partial charge in [0.25, 0.3) is 0 Å². The largest absolute Gasteiger partial charge is 0.399 e. The van der Waals surface area contributed by atoms with Gasteiger partial charge in [-0.15, -0.1) is 0 Å². The average Bonchev–Trinajstić information content (AvgIpc) is 2.35. The highest BCUT2D eigenvalue weighted by molar-refractivity contribution is 5.71. The molecule has 0 aliphatic rings. The fourth-order valence-corrected chi connectivity index (χ4v) is 0.942. The van der Waals surface area contributed by atoms with Crippen LogP contribution in [0.25, 0.3) is 0 Å². The zero-order valence-corrected chi connectivity index (χ0v) is 8.71. The molecule has 1 aromatic carbocycles. The summed E-state index contributed by atoms with van der Waals surface area (Å²) in [5, 5.41) is 0. The molecule has 0 bridgehead atoms. The molecule has 4 nitrogen and oxygen atoms in total. The van der Waals surface area contributed by atoms with Crippen molar-refractivity contribution in [2.75, 3.05) is 11.5 Å². The predicted molar refractivity (Wildman–Crippen MR) is 64.9 cm³/mol. The molecule has 16 heavy (non-hydrogen) atoms. The number of nitrogens with zero attached hydrogens (tertiary/aromatic N) is 1. The molecule has 0 fully saturated rings. The maximum absolute atomic E-state index is 9.94. The zero-order chi connectivity index (χ0) is 11.8. The maximum Gasteiger partial charge on any atom is 0.168 e. The zero-order valence-electron chi connectivity index (χ0n) is 8.71. The minimum absolute atomic E-state index is 0.479. The lowest BCUT2D eigenvalue weighted by Gasteiger charge is -1.90. The molecular formula is C12H13N3O. The summed E-state index contributed by atoms with van der Waals surface area (Å²) in [4.78, 5) is 13.7. The van der Waals surface area contributed by atoms with E-state index in [1.165, 1.54) is 0 Å². The molecule has 0 unspecified atom stereocenters. The van der Waals surface area contributed by atoms with Gasteiger partial charge in [-0.25, -0.2) is 0 Å². The number of aldehydes is 1. The van der Waals surface area contributed by atoms with Crippen molar-refractivity contribution in [3.8, 4) is 0 Å². The fourth-order valence-electron chi connectivity index (χ4n) is 0.942. The molecule has 0 spiro atoms. The Bertz CT molecular complexity index is 405. The molecule has 4 N–H and O–H groups in total. The normalized spacial score (nSPS) is 8.75. The van der Waals surface area contributed by atoms with Gasteiger partial charge in [0, 0.05) is 17.6 Å². The van der Waals surface area contributed by atoms with E-state index in [1.807, 2.05) is 0 Å². The lowest BCUT2D eigenvalue weighted by molar-refractivity contribution is 0.111. The fraction of sp³-hybridized carbons (Fsp3) is 0. The Morgan fingerprint density at radius 3 is 1.81 bits per heavy atom. The molecule has 0 radical (unpaired) electrons. The predicted octanol–water partition coefficient (Wildman–Crippen LogP) is 1.75. The maximum atomic E-state index is 9.94. The summed E-state index contributed by atoms with van der Waals surface area (Å²) in [6.45, 7) is 0. The molecule has 2 aromatic rings. The van der Waals surface area contributed by atoms with Crippen LogP contribution in [0.1, 0.15) is 10.5 Å². The van der Waals surface area contributed by atoms with Crippen molar-refractivity contribution in [2.24, 2.45) is 0 Å². The number of hydrogen-bond acceptors (Lipinski definition) is 4. The van der Waals surface area contributed by atoms with E-state index in [2.05, 4.69) is 4.98 Å². The van der Waals surface area contributed by atoms with Crippen LogP contribution in [0.5, 0.6) is 0 Å². The molecule has 0 atom stereocenters. The van der Waals surface area contributed by atoms with Gasteiger partial charge in [0.05, 0.1) is 0 Å². The highest BCUT2D eigenvalue weighted by atomic mass is 16.1. The topological polar surface area (TPSA) is 82.0 Å². The molecule has 2 rings (SSSR count). The number of rotatable bonds is 1. The molecule has 4 heteroatoms. The first kappa shape index (κ1) is 11.7. The third-order valence-electron chi connectivity index (χ3n) is 1.74. The average molecular weight is 215 g/mol. The van der Waals surface area contributed by atoms with Crippen LogP contribution in [0.2, 0.25) is 0 Å². The van der Waals surface area contributed by atoms with Gasteiger partial charge in [0.15, 0.2) is 6.29 Å². The van der Waals surface area contributed by atoms with E-state index < -0.39 is 0 Å². The van der Waals surface area contributed by atoms with Gasteiger partial charge in [0.2, 0.25) is 0 Å². The lowest BCUT2D eigenvalue weighted by atomic mass is 10.3. The van der Waals surface area contributed by atoms with Crippen molar-refractivity contribution in [1.29, 1.82) is 0 Å². The summed E-state index contributed by atoms with van der Waals surface area (Å²) in [7, 11) is 0. The Hall–Kier alpha value is -2.36. The number of pyridine rings is 1. The van der Waals surface area contributed by atoms with Crippen LogP contribution >= 0.6 is 0 Å². The van der Waals surface area contributed by atoms with Crippen LogP contribution in [0, 0.1) is 0 Å². The van der Waals surface area contributed by atoms with Crippen LogP contribution in [0.3, 0.4) is 0 Å². The number of hydrogen-bond donors (Lipinski definition) is 2. The smallest absolute Gasteiger partial charge is 0.168 e. The van der Waals surface area contributed by atoms with Gasteiger partial charge in [-0.1, -0.05) is 6.07 Å². The van der Waals surface area contributed by atoms with Gasteiger partial charge >= 0.3 is 0 Å². The van der Waals surface area contributed by atoms with E-state index >= 15 is 0 Å². The van der Waals surface area contributed by atoms with Crippen LogP contribution in [0.4, 0.5) is 11.4 Å². The molecule has 1 aromatic heterocycles. The van der Waals surface area contributed by atoms with E-state index in [-0.39, 0.29) is 0 Å². The first-order chi connectivity index (χ1) is 7.72. The van der Waals surface area contributed by atoms with Gasteiger partial charge in [-0.2, -0.15) is 0 Å². The molecule has 0 aliphatic carbocycles. The van der Waals surface area contributed by atoms with Crippen LogP contribution in [-0.2, 0) is 0 Å². The molecule has 1 heterocycles. The summed E-state index contributed by atoms with van der Waals surface area (Å²) < 4.78 is 0. The quantitative estimate of drug-likeness (QED) is 0.560. The number of carbonyl (C=O) groups is 1. The van der Waals surface area contributed by atoms with Crippen molar-refractivity contribution in [3.63, 3.8) is 0 Å². The standard InChI is InChI=1S/C6H8N2.C6H5NO/c7-5-1-2-6(8)4-3-5;8-5-6-3-1-2-4-7-6/h1-4H,7-8H2;1-5H. The second-order valence-corrected chi connectivity index (χ2v) is 3.04. The third-order valence-corrected chi connectivity index (χ3v) is 1.74. The van der Waals surface area contributed by atoms with E-state index in [0.29, 0.717) is 5.69 Å². The summed E-state index contributed by atoms with van der Waals surface area (Å²) in [6.07, 6.45) is 2.31. The second-order valence-electron chi connectivity index (χ2n) is 3.04. The number of carbonyl (C=O) groups excluding carboxylic acids is 1. The monoisotopic (exact) mass is 215 g/mol. The van der Waals surface area contributed by atoms with Gasteiger partial charge < -0.3 is 11.5 Å². The first-order valence-electron chi connectivity index (χ1n) is 4.69. The number of aromatic nitrogens is 1. The van der Waals surface area contributed by atoms with Crippen LogP contribution in [-0.4, -0.2) is 11.3 Å². The Balaban J connectivity index is 0.000000160. The lowest BCUT2D eigenvalue weighted by Crippen LogP contribution is -1.86. The van der Waals surface area contributed by atoms with Gasteiger partial charge in [0.1, 0.15) is 5.69 Å². The minimum atomic E-state index is 0.479. The minimum Gasteiger partial charge on any atom is -0.399 e. The highest BCUT2D eigenvalue weighted by Crippen LogP contribution is 2.04. The van der Waals surface area contributed by atoms with Crippen LogP contribution in [0.15, 0.2) is 48.7 Å².